The smallest absolute Gasteiger partial charge is 0.226 e. The molecule has 0 atom stereocenters. The zero-order valence-electron chi connectivity index (χ0n) is 15.6. The highest BCUT2D eigenvalue weighted by molar-refractivity contribution is 5.95. The molecule has 0 aromatic heterocycles. The first kappa shape index (κ1) is 18.7. The molecule has 0 heterocycles. The predicted octanol–water partition coefficient (Wildman–Crippen LogP) is 4.30. The number of anilines is 2. The Morgan fingerprint density at radius 1 is 0.920 bits per heavy atom. The van der Waals surface area contributed by atoms with Crippen LogP contribution < -0.4 is 10.2 Å². The van der Waals surface area contributed by atoms with E-state index in [4.69, 9.17) is 0 Å². The van der Waals surface area contributed by atoms with Gasteiger partial charge >= 0.3 is 0 Å². The fraction of sp³-hybridized carbons (Fsp3) is 0.333. The number of hydrogen-bond donors (Lipinski definition) is 1. The molecule has 0 saturated carbocycles. The Balaban J connectivity index is 2.04. The van der Waals surface area contributed by atoms with E-state index >= 15 is 0 Å². The van der Waals surface area contributed by atoms with Gasteiger partial charge in [-0.05, 0) is 74.2 Å². The first-order valence-corrected chi connectivity index (χ1v) is 8.50. The van der Waals surface area contributed by atoms with E-state index < -0.39 is 0 Å². The molecule has 2 aromatic carbocycles. The van der Waals surface area contributed by atoms with Crippen LogP contribution in [0.1, 0.15) is 35.6 Å². The molecule has 25 heavy (non-hydrogen) atoms. The fourth-order valence-electron chi connectivity index (χ4n) is 2.85. The molecule has 2 amide bonds. The van der Waals surface area contributed by atoms with Crippen molar-refractivity contribution in [3.05, 3.63) is 58.7 Å². The monoisotopic (exact) mass is 338 g/mol. The highest BCUT2D eigenvalue weighted by Crippen LogP contribution is 2.20. The van der Waals surface area contributed by atoms with Gasteiger partial charge in [0.05, 0.1) is 0 Å². The summed E-state index contributed by atoms with van der Waals surface area (Å²) in [6, 6.07) is 11.8. The van der Waals surface area contributed by atoms with E-state index in [1.165, 1.54) is 12.5 Å². The number of nitrogens with one attached hydrogen (secondary N) is 1. The topological polar surface area (TPSA) is 49.4 Å². The third-order valence-electron chi connectivity index (χ3n) is 4.25. The van der Waals surface area contributed by atoms with Gasteiger partial charge in [0, 0.05) is 31.3 Å². The van der Waals surface area contributed by atoms with Crippen LogP contribution in [0.4, 0.5) is 11.4 Å². The van der Waals surface area contributed by atoms with Gasteiger partial charge in [0.1, 0.15) is 0 Å². The Bertz CT molecular complexity index is 776. The van der Waals surface area contributed by atoms with Crippen LogP contribution in [0.3, 0.4) is 0 Å². The maximum absolute atomic E-state index is 12.3. The molecule has 0 fully saturated rings. The summed E-state index contributed by atoms with van der Waals surface area (Å²) in [6.07, 6.45) is 0.249. The van der Waals surface area contributed by atoms with Crippen LogP contribution in [0.15, 0.2) is 36.4 Å². The predicted molar refractivity (Wildman–Crippen MR) is 103 cm³/mol. The minimum Gasteiger partial charge on any atom is -0.326 e. The second kappa shape index (κ2) is 7.97. The number of hydrogen-bond acceptors (Lipinski definition) is 2. The van der Waals surface area contributed by atoms with Crippen molar-refractivity contribution in [3.63, 3.8) is 0 Å². The molecule has 0 aliphatic heterocycles. The van der Waals surface area contributed by atoms with E-state index in [0.29, 0.717) is 6.54 Å². The number of aryl methyl sites for hydroxylation is 4. The molecule has 2 aromatic rings. The Kier molecular flexibility index (Phi) is 5.97. The van der Waals surface area contributed by atoms with E-state index in [1.807, 2.05) is 58.0 Å². The Hall–Kier alpha value is -2.62. The lowest BCUT2D eigenvalue weighted by Gasteiger charge is -2.22. The largest absolute Gasteiger partial charge is 0.326 e. The Labute approximate surface area is 149 Å². The van der Waals surface area contributed by atoms with E-state index in [1.54, 1.807) is 4.90 Å². The van der Waals surface area contributed by atoms with Gasteiger partial charge in [-0.2, -0.15) is 0 Å². The minimum atomic E-state index is -0.0971. The summed E-state index contributed by atoms with van der Waals surface area (Å²) >= 11 is 0. The molecule has 0 spiro atoms. The number of benzene rings is 2. The highest BCUT2D eigenvalue weighted by Gasteiger charge is 2.14. The van der Waals surface area contributed by atoms with Crippen molar-refractivity contribution in [1.29, 1.82) is 0 Å². The maximum Gasteiger partial charge on any atom is 0.226 e. The van der Waals surface area contributed by atoms with Crippen LogP contribution in [0.25, 0.3) is 0 Å². The Morgan fingerprint density at radius 2 is 1.56 bits per heavy atom. The molecular formula is C21H26N2O2. The number of rotatable bonds is 5. The van der Waals surface area contributed by atoms with Crippen LogP contribution in [0.2, 0.25) is 0 Å². The lowest BCUT2D eigenvalue weighted by Crippen LogP contribution is -2.32. The normalized spacial score (nSPS) is 10.4. The summed E-state index contributed by atoms with van der Waals surface area (Å²) < 4.78 is 0. The summed E-state index contributed by atoms with van der Waals surface area (Å²) in [5.41, 5.74) is 6.15. The van der Waals surface area contributed by atoms with Gasteiger partial charge in [-0.25, -0.2) is 0 Å². The van der Waals surface area contributed by atoms with Gasteiger partial charge in [0.2, 0.25) is 11.8 Å². The molecule has 0 saturated heterocycles. The lowest BCUT2D eigenvalue weighted by atomic mass is 10.1. The van der Waals surface area contributed by atoms with E-state index in [-0.39, 0.29) is 18.2 Å². The van der Waals surface area contributed by atoms with Crippen LogP contribution in [0, 0.1) is 27.7 Å². The van der Waals surface area contributed by atoms with E-state index in [9.17, 15) is 9.59 Å². The van der Waals surface area contributed by atoms with Crippen molar-refractivity contribution in [2.24, 2.45) is 0 Å². The molecule has 0 radical (unpaired) electrons. The van der Waals surface area contributed by atoms with Gasteiger partial charge in [-0.15, -0.1) is 0 Å². The number of amides is 2. The van der Waals surface area contributed by atoms with Crippen LogP contribution >= 0.6 is 0 Å². The van der Waals surface area contributed by atoms with Crippen molar-refractivity contribution >= 4 is 23.2 Å². The molecule has 0 bridgehead atoms. The van der Waals surface area contributed by atoms with Crippen molar-refractivity contribution in [2.75, 3.05) is 16.8 Å². The maximum atomic E-state index is 12.3. The van der Waals surface area contributed by atoms with Crippen molar-refractivity contribution in [1.82, 2.24) is 0 Å². The van der Waals surface area contributed by atoms with Crippen LogP contribution in [0.5, 0.6) is 0 Å². The van der Waals surface area contributed by atoms with Crippen molar-refractivity contribution in [3.8, 4) is 0 Å². The zero-order chi connectivity index (χ0) is 18.6. The second-order valence-electron chi connectivity index (χ2n) is 6.61. The summed E-state index contributed by atoms with van der Waals surface area (Å²) in [7, 11) is 0. The molecule has 0 aliphatic rings. The summed E-state index contributed by atoms with van der Waals surface area (Å²) in [4.78, 5) is 25.9. The fourth-order valence-corrected chi connectivity index (χ4v) is 2.85. The average Bonchev–Trinajstić information content (AvgIpc) is 2.49. The van der Waals surface area contributed by atoms with Crippen LogP contribution in [-0.4, -0.2) is 18.4 Å². The Morgan fingerprint density at radius 3 is 2.12 bits per heavy atom. The van der Waals surface area contributed by atoms with Crippen molar-refractivity contribution < 1.29 is 9.59 Å². The van der Waals surface area contributed by atoms with Gasteiger partial charge in [0.25, 0.3) is 0 Å². The molecule has 2 rings (SSSR count). The third-order valence-corrected chi connectivity index (χ3v) is 4.25. The lowest BCUT2D eigenvalue weighted by molar-refractivity contribution is -0.117. The van der Waals surface area contributed by atoms with Crippen LogP contribution in [-0.2, 0) is 9.59 Å². The SMILES string of the molecule is CC(=O)N(CCC(=O)Nc1cc(C)cc(C)c1)c1ccc(C)c(C)c1. The number of carbonyl (C=O) groups is 2. The molecule has 1 N–H and O–H groups in total. The molecule has 0 aliphatic carbocycles. The third kappa shape index (κ3) is 5.18. The van der Waals surface area contributed by atoms with Gasteiger partial charge < -0.3 is 10.2 Å². The first-order valence-electron chi connectivity index (χ1n) is 8.50. The van der Waals surface area contributed by atoms with E-state index in [2.05, 4.69) is 11.4 Å². The number of nitrogens with zero attached hydrogens (tertiary/aromatic N) is 1. The molecule has 4 nitrogen and oxygen atoms in total. The summed E-state index contributed by atoms with van der Waals surface area (Å²) in [5.74, 6) is -0.164. The summed E-state index contributed by atoms with van der Waals surface area (Å²) in [5, 5.41) is 2.91. The van der Waals surface area contributed by atoms with Gasteiger partial charge in [-0.3, -0.25) is 9.59 Å². The minimum absolute atomic E-state index is 0.0672. The quantitative estimate of drug-likeness (QED) is 0.883. The molecule has 0 unspecified atom stereocenters. The zero-order valence-corrected chi connectivity index (χ0v) is 15.6. The van der Waals surface area contributed by atoms with Gasteiger partial charge in [-0.1, -0.05) is 12.1 Å². The average molecular weight is 338 g/mol. The second-order valence-corrected chi connectivity index (χ2v) is 6.61. The molecule has 132 valence electrons. The first-order chi connectivity index (χ1) is 11.8. The number of carbonyl (C=O) groups excluding carboxylic acids is 2. The van der Waals surface area contributed by atoms with Crippen molar-refractivity contribution in [2.45, 2.75) is 41.0 Å². The van der Waals surface area contributed by atoms with Gasteiger partial charge in [0.15, 0.2) is 0 Å². The standard InChI is InChI=1S/C21H26N2O2/c1-14-10-15(2)12-19(11-14)22-21(25)8-9-23(18(5)24)20-7-6-16(3)17(4)13-20/h6-7,10-13H,8-9H2,1-5H3,(H,22,25). The van der Waals surface area contributed by atoms with E-state index in [0.717, 1.165) is 28.1 Å². The summed E-state index contributed by atoms with van der Waals surface area (Å²) in [6.45, 7) is 9.93. The highest BCUT2D eigenvalue weighted by atomic mass is 16.2. The molecular weight excluding hydrogens is 312 g/mol. The molecule has 4 heteroatoms.